The third-order valence-electron chi connectivity index (χ3n) is 4.72. The predicted octanol–water partition coefficient (Wildman–Crippen LogP) is 4.29. The van der Waals surface area contributed by atoms with Gasteiger partial charge in [0.25, 0.3) is 5.91 Å². The van der Waals surface area contributed by atoms with E-state index in [1.54, 1.807) is 18.5 Å². The number of rotatable bonds is 4. The molecule has 4 rings (SSSR count). The zero-order chi connectivity index (χ0) is 17.8. The Labute approximate surface area is 153 Å². The van der Waals surface area contributed by atoms with Gasteiger partial charge >= 0.3 is 0 Å². The van der Waals surface area contributed by atoms with Gasteiger partial charge in [0, 0.05) is 30.5 Å². The highest BCUT2D eigenvalue weighted by Crippen LogP contribution is 2.28. The number of nitrogens with one attached hydrogen (secondary N) is 1. The first-order valence-corrected chi connectivity index (χ1v) is 8.93. The number of hydrogen-bond acceptors (Lipinski definition) is 3. The van der Waals surface area contributed by atoms with E-state index >= 15 is 0 Å². The molecule has 1 aliphatic rings. The van der Waals surface area contributed by atoms with Crippen molar-refractivity contribution in [3.63, 3.8) is 0 Å². The molecule has 4 heteroatoms. The van der Waals surface area contributed by atoms with E-state index in [9.17, 15) is 4.79 Å². The van der Waals surface area contributed by atoms with Crippen LogP contribution in [0.1, 0.15) is 27.9 Å². The molecular weight excluding hydrogens is 322 g/mol. The highest BCUT2D eigenvalue weighted by Gasteiger charge is 2.16. The van der Waals surface area contributed by atoms with Crippen LogP contribution in [-0.4, -0.2) is 17.4 Å². The lowest BCUT2D eigenvalue weighted by molar-refractivity contribution is 0.102. The maximum absolute atomic E-state index is 12.3. The maximum Gasteiger partial charge on any atom is 0.255 e. The summed E-state index contributed by atoms with van der Waals surface area (Å²) >= 11 is 0. The second-order valence-electron chi connectivity index (χ2n) is 6.55. The highest BCUT2D eigenvalue weighted by molar-refractivity contribution is 6.04. The molecule has 2 heterocycles. The van der Waals surface area contributed by atoms with Gasteiger partial charge in [-0.3, -0.25) is 9.78 Å². The number of pyridine rings is 1. The van der Waals surface area contributed by atoms with Crippen molar-refractivity contribution in [1.29, 1.82) is 0 Å². The summed E-state index contributed by atoms with van der Waals surface area (Å²) in [6, 6.07) is 20.1. The summed E-state index contributed by atoms with van der Waals surface area (Å²) in [7, 11) is 0. The van der Waals surface area contributed by atoms with Gasteiger partial charge < -0.3 is 10.2 Å². The average Bonchev–Trinajstić information content (AvgIpc) is 2.70. The summed E-state index contributed by atoms with van der Waals surface area (Å²) in [5, 5.41) is 2.86. The van der Waals surface area contributed by atoms with Crippen LogP contribution in [0, 0.1) is 0 Å². The molecule has 4 nitrogen and oxygen atoms in total. The lowest BCUT2D eigenvalue weighted by atomic mass is 10.0. The van der Waals surface area contributed by atoms with E-state index in [1.165, 1.54) is 23.2 Å². The summed E-state index contributed by atoms with van der Waals surface area (Å²) < 4.78 is 0. The summed E-state index contributed by atoms with van der Waals surface area (Å²) in [6.45, 7) is 1.93. The van der Waals surface area contributed by atoms with Gasteiger partial charge in [0.1, 0.15) is 0 Å². The summed E-state index contributed by atoms with van der Waals surface area (Å²) in [5.74, 6) is -0.118. The minimum absolute atomic E-state index is 0.118. The van der Waals surface area contributed by atoms with Crippen molar-refractivity contribution in [3.05, 3.63) is 89.7 Å². The minimum atomic E-state index is -0.118. The van der Waals surface area contributed by atoms with Crippen molar-refractivity contribution in [2.24, 2.45) is 0 Å². The molecule has 1 aliphatic heterocycles. The molecule has 0 saturated carbocycles. The minimum Gasteiger partial charge on any atom is -0.367 e. The van der Waals surface area contributed by atoms with Crippen molar-refractivity contribution >= 4 is 17.3 Å². The molecule has 0 atom stereocenters. The van der Waals surface area contributed by atoms with Crippen LogP contribution >= 0.6 is 0 Å². The highest BCUT2D eigenvalue weighted by atomic mass is 16.1. The van der Waals surface area contributed by atoms with Crippen molar-refractivity contribution in [2.75, 3.05) is 16.8 Å². The van der Waals surface area contributed by atoms with Crippen LogP contribution in [0.2, 0.25) is 0 Å². The number of nitrogens with zero attached hydrogens (tertiary/aromatic N) is 2. The molecule has 0 aliphatic carbocycles. The van der Waals surface area contributed by atoms with Gasteiger partial charge in [-0.15, -0.1) is 0 Å². The quantitative estimate of drug-likeness (QED) is 0.769. The molecule has 3 aromatic rings. The molecule has 0 saturated heterocycles. The summed E-state index contributed by atoms with van der Waals surface area (Å²) in [5.41, 5.74) is 5.31. The van der Waals surface area contributed by atoms with Crippen molar-refractivity contribution in [3.8, 4) is 0 Å². The standard InChI is InChI=1S/C22H21N3O/c26-22(24-20-7-3-13-23-15-20)19-11-9-17(10-12-19)16-25-14-4-6-18-5-1-2-8-21(18)25/h1-3,5,7-13,15H,4,6,14,16H2,(H,24,26). The van der Waals surface area contributed by atoms with Crippen LogP contribution in [0.3, 0.4) is 0 Å². The fraction of sp³-hybridized carbons (Fsp3) is 0.182. The van der Waals surface area contributed by atoms with Gasteiger partial charge in [0.05, 0.1) is 11.9 Å². The zero-order valence-electron chi connectivity index (χ0n) is 14.6. The molecule has 1 aromatic heterocycles. The number of amides is 1. The fourth-order valence-electron chi connectivity index (χ4n) is 3.40. The zero-order valence-corrected chi connectivity index (χ0v) is 14.6. The van der Waals surface area contributed by atoms with E-state index in [0.29, 0.717) is 11.3 Å². The number of hydrogen-bond donors (Lipinski definition) is 1. The average molecular weight is 343 g/mol. The molecule has 2 aromatic carbocycles. The van der Waals surface area contributed by atoms with Gasteiger partial charge in [0.15, 0.2) is 0 Å². The number of carbonyl (C=O) groups excluding carboxylic acids is 1. The van der Waals surface area contributed by atoms with E-state index < -0.39 is 0 Å². The van der Waals surface area contributed by atoms with E-state index in [1.807, 2.05) is 30.3 Å². The Balaban J connectivity index is 1.45. The van der Waals surface area contributed by atoms with Crippen molar-refractivity contribution in [2.45, 2.75) is 19.4 Å². The second-order valence-corrected chi connectivity index (χ2v) is 6.55. The lowest BCUT2D eigenvalue weighted by Gasteiger charge is -2.31. The number of aromatic nitrogens is 1. The Morgan fingerprint density at radius 2 is 1.88 bits per heavy atom. The van der Waals surface area contributed by atoms with Gasteiger partial charge in [-0.05, 0) is 54.3 Å². The van der Waals surface area contributed by atoms with Gasteiger partial charge in [0.2, 0.25) is 0 Å². The molecule has 0 fully saturated rings. The van der Waals surface area contributed by atoms with Gasteiger partial charge in [-0.2, -0.15) is 0 Å². The number of carbonyl (C=O) groups is 1. The molecule has 1 N–H and O–H groups in total. The molecule has 130 valence electrons. The smallest absolute Gasteiger partial charge is 0.255 e. The first kappa shape index (κ1) is 16.3. The SMILES string of the molecule is O=C(Nc1cccnc1)c1ccc(CN2CCCc3ccccc32)cc1. The Hall–Kier alpha value is -3.14. The molecule has 0 spiro atoms. The van der Waals surface area contributed by atoms with Crippen LogP contribution in [0.4, 0.5) is 11.4 Å². The molecular formula is C22H21N3O. The maximum atomic E-state index is 12.3. The Kier molecular flexibility index (Phi) is 4.65. The van der Waals surface area contributed by atoms with Crippen molar-refractivity contribution in [1.82, 2.24) is 4.98 Å². The van der Waals surface area contributed by atoms with Crippen LogP contribution in [0.25, 0.3) is 0 Å². The monoisotopic (exact) mass is 343 g/mol. The van der Waals surface area contributed by atoms with E-state index in [0.717, 1.165) is 19.5 Å². The molecule has 0 radical (unpaired) electrons. The fourth-order valence-corrected chi connectivity index (χ4v) is 3.40. The Morgan fingerprint density at radius 1 is 1.04 bits per heavy atom. The van der Waals surface area contributed by atoms with Crippen LogP contribution in [0.15, 0.2) is 73.1 Å². The normalized spacial score (nSPS) is 13.2. The third kappa shape index (κ3) is 3.59. The number of aryl methyl sites for hydroxylation is 1. The summed E-state index contributed by atoms with van der Waals surface area (Å²) in [6.07, 6.45) is 5.66. The van der Waals surface area contributed by atoms with Crippen LogP contribution < -0.4 is 10.2 Å². The lowest BCUT2D eigenvalue weighted by Crippen LogP contribution is -2.28. The first-order chi connectivity index (χ1) is 12.8. The molecule has 1 amide bonds. The predicted molar refractivity (Wildman–Crippen MR) is 104 cm³/mol. The number of para-hydroxylation sites is 1. The Morgan fingerprint density at radius 3 is 2.69 bits per heavy atom. The second kappa shape index (κ2) is 7.40. The third-order valence-corrected chi connectivity index (χ3v) is 4.72. The van der Waals surface area contributed by atoms with E-state index in [-0.39, 0.29) is 5.91 Å². The number of benzene rings is 2. The Bertz CT molecular complexity index is 891. The van der Waals surface area contributed by atoms with E-state index in [4.69, 9.17) is 0 Å². The van der Waals surface area contributed by atoms with Gasteiger partial charge in [-0.25, -0.2) is 0 Å². The number of anilines is 2. The van der Waals surface area contributed by atoms with Gasteiger partial charge in [-0.1, -0.05) is 30.3 Å². The van der Waals surface area contributed by atoms with E-state index in [2.05, 4.69) is 39.5 Å². The topological polar surface area (TPSA) is 45.2 Å². The van der Waals surface area contributed by atoms with Crippen LogP contribution in [-0.2, 0) is 13.0 Å². The largest absolute Gasteiger partial charge is 0.367 e. The first-order valence-electron chi connectivity index (χ1n) is 8.93. The van der Waals surface area contributed by atoms with Crippen molar-refractivity contribution < 1.29 is 4.79 Å². The number of fused-ring (bicyclic) bond motifs is 1. The summed E-state index contributed by atoms with van der Waals surface area (Å²) in [4.78, 5) is 18.8. The molecule has 0 unspecified atom stereocenters. The molecule has 0 bridgehead atoms. The molecule has 26 heavy (non-hydrogen) atoms. The van der Waals surface area contributed by atoms with Crippen LogP contribution in [0.5, 0.6) is 0 Å².